The summed E-state index contributed by atoms with van der Waals surface area (Å²) in [4.78, 5) is 12.0. The summed E-state index contributed by atoms with van der Waals surface area (Å²) in [6, 6.07) is 13.3. The minimum Gasteiger partial charge on any atom is -0.497 e. The van der Waals surface area contributed by atoms with E-state index < -0.39 is 0 Å². The van der Waals surface area contributed by atoms with Gasteiger partial charge in [0.1, 0.15) is 5.75 Å². The number of carbonyl (C=O) groups excluding carboxylic acids is 1. The monoisotopic (exact) mass is 357 g/mol. The molecule has 5 nitrogen and oxygen atoms in total. The zero-order valence-electron chi connectivity index (χ0n) is 14.0. The first-order chi connectivity index (χ1) is 12.2. The van der Waals surface area contributed by atoms with Crippen LogP contribution >= 0.6 is 11.6 Å². The van der Waals surface area contributed by atoms with Crippen LogP contribution in [0.1, 0.15) is 12.0 Å². The van der Waals surface area contributed by atoms with Gasteiger partial charge in [-0.1, -0.05) is 29.8 Å². The second-order valence-corrected chi connectivity index (χ2v) is 6.18. The predicted molar refractivity (Wildman–Crippen MR) is 99.1 cm³/mol. The maximum atomic E-state index is 12.0. The Morgan fingerprint density at radius 1 is 1.24 bits per heavy atom. The number of aryl methyl sites for hydroxylation is 1. The predicted octanol–water partition coefficient (Wildman–Crippen LogP) is 3.45. The van der Waals surface area contributed by atoms with Crippen LogP contribution in [0.15, 0.2) is 48.7 Å². The normalized spacial score (nSPS) is 10.8. The lowest BCUT2D eigenvalue weighted by Gasteiger charge is -2.07. The van der Waals surface area contributed by atoms with Gasteiger partial charge in [0.15, 0.2) is 0 Å². The van der Waals surface area contributed by atoms with Crippen LogP contribution in [0.5, 0.6) is 5.75 Å². The van der Waals surface area contributed by atoms with Crippen molar-refractivity contribution in [2.75, 3.05) is 13.7 Å². The van der Waals surface area contributed by atoms with Crippen molar-refractivity contribution >= 4 is 28.4 Å². The number of nitrogens with zero attached hydrogens (tertiary/aromatic N) is 2. The van der Waals surface area contributed by atoms with E-state index in [1.165, 1.54) is 0 Å². The third-order valence-corrected chi connectivity index (χ3v) is 4.36. The molecule has 1 heterocycles. The Balaban J connectivity index is 1.46. The number of amides is 1. The average molecular weight is 358 g/mol. The SMILES string of the molecule is COc1ccc(CC(=O)NCCCn2ncc3c(Cl)cccc32)cc1. The van der Waals surface area contributed by atoms with E-state index in [2.05, 4.69) is 10.4 Å². The number of rotatable bonds is 7. The summed E-state index contributed by atoms with van der Waals surface area (Å²) in [5.41, 5.74) is 1.98. The number of methoxy groups -OCH3 is 1. The number of hydrogen-bond acceptors (Lipinski definition) is 3. The van der Waals surface area contributed by atoms with Gasteiger partial charge in [0.2, 0.25) is 5.91 Å². The molecule has 0 aliphatic carbocycles. The number of ether oxygens (including phenoxy) is 1. The van der Waals surface area contributed by atoms with E-state index in [9.17, 15) is 4.79 Å². The van der Waals surface area contributed by atoms with Crippen molar-refractivity contribution in [3.63, 3.8) is 0 Å². The number of nitrogens with one attached hydrogen (secondary N) is 1. The Morgan fingerprint density at radius 2 is 2.04 bits per heavy atom. The van der Waals surface area contributed by atoms with Crippen LogP contribution in [0.2, 0.25) is 5.02 Å². The molecule has 0 aliphatic rings. The van der Waals surface area contributed by atoms with Gasteiger partial charge in [0.25, 0.3) is 0 Å². The second-order valence-electron chi connectivity index (χ2n) is 5.77. The maximum absolute atomic E-state index is 12.0. The third-order valence-electron chi connectivity index (χ3n) is 4.03. The molecule has 1 aromatic heterocycles. The third kappa shape index (κ3) is 4.31. The second kappa shape index (κ2) is 8.03. The highest BCUT2D eigenvalue weighted by atomic mass is 35.5. The number of hydrogen-bond donors (Lipinski definition) is 1. The number of aromatic nitrogens is 2. The fourth-order valence-electron chi connectivity index (χ4n) is 2.69. The fraction of sp³-hybridized carbons (Fsp3) is 0.263. The van der Waals surface area contributed by atoms with Crippen molar-refractivity contribution < 1.29 is 9.53 Å². The molecule has 3 aromatic rings. The maximum Gasteiger partial charge on any atom is 0.224 e. The van der Waals surface area contributed by atoms with Crippen molar-refractivity contribution in [3.8, 4) is 5.75 Å². The molecule has 2 aromatic carbocycles. The van der Waals surface area contributed by atoms with Crippen LogP contribution in [0.25, 0.3) is 10.9 Å². The molecular formula is C19H20ClN3O2. The van der Waals surface area contributed by atoms with Gasteiger partial charge in [0, 0.05) is 18.5 Å². The number of halogens is 1. The molecule has 6 heteroatoms. The van der Waals surface area contributed by atoms with Crippen LogP contribution < -0.4 is 10.1 Å². The lowest BCUT2D eigenvalue weighted by Crippen LogP contribution is -2.26. The van der Waals surface area contributed by atoms with Crippen LogP contribution in [0.4, 0.5) is 0 Å². The molecule has 3 rings (SSSR count). The molecule has 0 atom stereocenters. The molecule has 0 bridgehead atoms. The van der Waals surface area contributed by atoms with Crippen molar-refractivity contribution in [2.45, 2.75) is 19.4 Å². The van der Waals surface area contributed by atoms with E-state index >= 15 is 0 Å². The molecule has 130 valence electrons. The van der Waals surface area contributed by atoms with E-state index in [1.807, 2.05) is 47.1 Å². The van der Waals surface area contributed by atoms with Gasteiger partial charge in [-0.15, -0.1) is 0 Å². The summed E-state index contributed by atoms with van der Waals surface area (Å²) in [7, 11) is 1.62. The van der Waals surface area contributed by atoms with Crippen LogP contribution in [-0.4, -0.2) is 29.3 Å². The summed E-state index contributed by atoms with van der Waals surface area (Å²) in [6.45, 7) is 1.34. The van der Waals surface area contributed by atoms with Gasteiger partial charge in [0.05, 0.1) is 30.3 Å². The lowest BCUT2D eigenvalue weighted by atomic mass is 10.1. The minimum absolute atomic E-state index is 0.0125. The summed E-state index contributed by atoms with van der Waals surface area (Å²) >= 11 is 6.15. The first kappa shape index (κ1) is 17.3. The minimum atomic E-state index is 0.0125. The fourth-order valence-corrected chi connectivity index (χ4v) is 2.91. The molecule has 25 heavy (non-hydrogen) atoms. The lowest BCUT2D eigenvalue weighted by molar-refractivity contribution is -0.120. The molecule has 0 spiro atoms. The molecule has 1 amide bonds. The van der Waals surface area contributed by atoms with Gasteiger partial charge < -0.3 is 10.1 Å². The number of benzene rings is 2. The summed E-state index contributed by atoms with van der Waals surface area (Å²) < 4.78 is 7.02. The Kier molecular flexibility index (Phi) is 5.56. The van der Waals surface area contributed by atoms with E-state index in [0.29, 0.717) is 18.0 Å². The molecule has 0 aliphatic heterocycles. The van der Waals surface area contributed by atoms with Gasteiger partial charge in [-0.05, 0) is 36.2 Å². The number of carbonyl (C=O) groups is 1. The zero-order chi connectivity index (χ0) is 17.6. The van der Waals surface area contributed by atoms with E-state index in [1.54, 1.807) is 13.3 Å². The van der Waals surface area contributed by atoms with Crippen molar-refractivity contribution in [1.29, 1.82) is 0 Å². The molecule has 0 unspecified atom stereocenters. The molecule has 1 N–H and O–H groups in total. The summed E-state index contributed by atoms with van der Waals surface area (Å²) in [6.07, 6.45) is 2.95. The number of fused-ring (bicyclic) bond motifs is 1. The highest BCUT2D eigenvalue weighted by molar-refractivity contribution is 6.35. The van der Waals surface area contributed by atoms with Gasteiger partial charge in [-0.25, -0.2) is 0 Å². The Bertz CT molecular complexity index is 859. The first-order valence-electron chi connectivity index (χ1n) is 8.17. The Morgan fingerprint density at radius 3 is 2.80 bits per heavy atom. The smallest absolute Gasteiger partial charge is 0.224 e. The van der Waals surface area contributed by atoms with Crippen LogP contribution in [0.3, 0.4) is 0 Å². The molecule has 0 radical (unpaired) electrons. The van der Waals surface area contributed by atoms with Gasteiger partial charge >= 0.3 is 0 Å². The molecule has 0 fully saturated rings. The largest absolute Gasteiger partial charge is 0.497 e. The van der Waals surface area contributed by atoms with Gasteiger partial charge in [-0.2, -0.15) is 5.10 Å². The van der Waals surface area contributed by atoms with Crippen molar-refractivity contribution in [2.24, 2.45) is 0 Å². The quantitative estimate of drug-likeness (QED) is 0.659. The zero-order valence-corrected chi connectivity index (χ0v) is 14.8. The van der Waals surface area contributed by atoms with E-state index in [-0.39, 0.29) is 5.91 Å². The molecule has 0 saturated heterocycles. The standard InChI is InChI=1S/C19H20ClN3O2/c1-25-15-8-6-14(7-9-15)12-19(24)21-10-3-11-23-18-5-2-4-17(20)16(18)13-22-23/h2,4-9,13H,3,10-12H2,1H3,(H,21,24). The summed E-state index contributed by atoms with van der Waals surface area (Å²) in [5, 5.41) is 8.97. The Hall–Kier alpha value is -2.53. The average Bonchev–Trinajstić information content (AvgIpc) is 3.04. The highest BCUT2D eigenvalue weighted by Crippen LogP contribution is 2.22. The highest BCUT2D eigenvalue weighted by Gasteiger charge is 2.06. The summed E-state index contributed by atoms with van der Waals surface area (Å²) in [5.74, 6) is 0.800. The van der Waals surface area contributed by atoms with Gasteiger partial charge in [-0.3, -0.25) is 9.48 Å². The topological polar surface area (TPSA) is 56.1 Å². The first-order valence-corrected chi connectivity index (χ1v) is 8.55. The van der Waals surface area contributed by atoms with E-state index in [0.717, 1.165) is 35.2 Å². The van der Waals surface area contributed by atoms with Crippen molar-refractivity contribution in [3.05, 3.63) is 59.2 Å². The van der Waals surface area contributed by atoms with Crippen LogP contribution in [-0.2, 0) is 17.8 Å². The molecule has 0 saturated carbocycles. The van der Waals surface area contributed by atoms with E-state index in [4.69, 9.17) is 16.3 Å². The van der Waals surface area contributed by atoms with Crippen molar-refractivity contribution in [1.82, 2.24) is 15.1 Å². The van der Waals surface area contributed by atoms with Crippen LogP contribution in [0, 0.1) is 0 Å². The molecular weight excluding hydrogens is 338 g/mol. The Labute approximate surface area is 151 Å².